The first-order chi connectivity index (χ1) is 14.0. The SMILES string of the molecule is CCN(Cc1ccccc1)C(=O)Cn1ccn(-c2ccccc2OC)c(=O)c1=O. The summed E-state index contributed by atoms with van der Waals surface area (Å²) in [6.07, 6.45) is 2.92. The number of carbonyl (C=O) groups is 1. The Morgan fingerprint density at radius 2 is 1.66 bits per heavy atom. The molecule has 7 heteroatoms. The van der Waals surface area contributed by atoms with E-state index in [1.54, 1.807) is 29.2 Å². The van der Waals surface area contributed by atoms with Gasteiger partial charge in [-0.3, -0.25) is 23.5 Å². The molecule has 1 heterocycles. The second kappa shape index (κ2) is 9.05. The van der Waals surface area contributed by atoms with Gasteiger partial charge < -0.3 is 9.64 Å². The summed E-state index contributed by atoms with van der Waals surface area (Å²) in [6.45, 7) is 2.63. The minimum absolute atomic E-state index is 0.193. The third kappa shape index (κ3) is 4.45. The van der Waals surface area contributed by atoms with Crippen LogP contribution in [0.2, 0.25) is 0 Å². The first-order valence-electron chi connectivity index (χ1n) is 9.32. The number of aromatic nitrogens is 2. The number of hydrogen-bond acceptors (Lipinski definition) is 4. The molecule has 7 nitrogen and oxygen atoms in total. The van der Waals surface area contributed by atoms with E-state index < -0.39 is 11.1 Å². The number of carbonyl (C=O) groups excluding carboxylic acids is 1. The highest BCUT2D eigenvalue weighted by atomic mass is 16.5. The molecule has 0 N–H and O–H groups in total. The van der Waals surface area contributed by atoms with Gasteiger partial charge in [0.2, 0.25) is 5.91 Å². The Morgan fingerprint density at radius 1 is 0.966 bits per heavy atom. The van der Waals surface area contributed by atoms with Gasteiger partial charge in [-0.15, -0.1) is 0 Å². The van der Waals surface area contributed by atoms with E-state index in [1.165, 1.54) is 24.1 Å². The van der Waals surface area contributed by atoms with Crippen LogP contribution in [-0.2, 0) is 17.9 Å². The summed E-state index contributed by atoms with van der Waals surface area (Å²) in [4.78, 5) is 39.6. The fourth-order valence-electron chi connectivity index (χ4n) is 3.08. The monoisotopic (exact) mass is 393 g/mol. The summed E-state index contributed by atoms with van der Waals surface area (Å²) in [6, 6.07) is 16.5. The molecular formula is C22H23N3O4. The fourth-order valence-corrected chi connectivity index (χ4v) is 3.08. The molecule has 0 radical (unpaired) electrons. The Morgan fingerprint density at radius 3 is 2.34 bits per heavy atom. The van der Waals surface area contributed by atoms with Crippen molar-refractivity contribution in [1.29, 1.82) is 0 Å². The highest BCUT2D eigenvalue weighted by molar-refractivity contribution is 5.76. The van der Waals surface area contributed by atoms with Crippen molar-refractivity contribution in [3.8, 4) is 11.4 Å². The van der Waals surface area contributed by atoms with Crippen LogP contribution in [-0.4, -0.2) is 33.6 Å². The number of ether oxygens (including phenoxy) is 1. The molecule has 0 fully saturated rings. The van der Waals surface area contributed by atoms with E-state index in [-0.39, 0.29) is 12.5 Å². The zero-order valence-corrected chi connectivity index (χ0v) is 16.4. The number of benzene rings is 2. The lowest BCUT2D eigenvalue weighted by Gasteiger charge is -2.21. The zero-order valence-electron chi connectivity index (χ0n) is 16.4. The van der Waals surface area contributed by atoms with Crippen molar-refractivity contribution in [1.82, 2.24) is 14.0 Å². The van der Waals surface area contributed by atoms with Crippen molar-refractivity contribution in [2.24, 2.45) is 0 Å². The van der Waals surface area contributed by atoms with Gasteiger partial charge in [0.05, 0.1) is 12.8 Å². The average Bonchev–Trinajstić information content (AvgIpc) is 2.76. The third-order valence-electron chi connectivity index (χ3n) is 4.66. The summed E-state index contributed by atoms with van der Waals surface area (Å²) >= 11 is 0. The summed E-state index contributed by atoms with van der Waals surface area (Å²) in [5.74, 6) is 0.246. The van der Waals surface area contributed by atoms with Gasteiger partial charge in [0, 0.05) is 25.5 Å². The summed E-state index contributed by atoms with van der Waals surface area (Å²) in [5, 5.41) is 0. The molecule has 1 amide bonds. The van der Waals surface area contributed by atoms with Crippen LogP contribution in [0.3, 0.4) is 0 Å². The molecule has 0 aliphatic rings. The Kier molecular flexibility index (Phi) is 6.29. The molecule has 0 unspecified atom stereocenters. The number of amides is 1. The van der Waals surface area contributed by atoms with Crippen LogP contribution >= 0.6 is 0 Å². The Balaban J connectivity index is 1.85. The standard InChI is InChI=1S/C22H23N3O4/c1-3-23(15-17-9-5-4-6-10-17)20(26)16-24-13-14-25(22(28)21(24)27)18-11-7-8-12-19(18)29-2/h4-14H,3,15-16H2,1-2H3. The second-order valence-electron chi connectivity index (χ2n) is 6.47. The van der Waals surface area contributed by atoms with E-state index in [0.29, 0.717) is 24.5 Å². The molecule has 0 bridgehead atoms. The molecule has 0 aliphatic heterocycles. The van der Waals surface area contributed by atoms with Crippen LogP contribution < -0.4 is 15.9 Å². The highest BCUT2D eigenvalue weighted by Gasteiger charge is 2.16. The minimum Gasteiger partial charge on any atom is -0.495 e. The van der Waals surface area contributed by atoms with Crippen molar-refractivity contribution in [3.05, 3.63) is 93.3 Å². The largest absolute Gasteiger partial charge is 0.495 e. The highest BCUT2D eigenvalue weighted by Crippen LogP contribution is 2.19. The summed E-state index contributed by atoms with van der Waals surface area (Å²) in [7, 11) is 1.50. The quantitative estimate of drug-likeness (QED) is 0.576. The Hall–Kier alpha value is -3.61. The topological polar surface area (TPSA) is 73.5 Å². The van der Waals surface area contributed by atoms with Crippen molar-refractivity contribution >= 4 is 5.91 Å². The maximum absolute atomic E-state index is 12.7. The first kappa shape index (κ1) is 20.1. The van der Waals surface area contributed by atoms with Crippen LogP contribution in [0.25, 0.3) is 5.69 Å². The van der Waals surface area contributed by atoms with Crippen LogP contribution in [0.1, 0.15) is 12.5 Å². The molecule has 0 saturated carbocycles. The number of hydrogen-bond donors (Lipinski definition) is 0. The predicted molar refractivity (Wildman–Crippen MR) is 110 cm³/mol. The minimum atomic E-state index is -0.762. The van der Waals surface area contributed by atoms with Gasteiger partial charge in [0.25, 0.3) is 0 Å². The van der Waals surface area contributed by atoms with E-state index in [1.807, 2.05) is 37.3 Å². The van der Waals surface area contributed by atoms with Gasteiger partial charge >= 0.3 is 11.1 Å². The van der Waals surface area contributed by atoms with Gasteiger partial charge in [-0.05, 0) is 24.6 Å². The van der Waals surface area contributed by atoms with Crippen LogP contribution in [0.4, 0.5) is 0 Å². The third-order valence-corrected chi connectivity index (χ3v) is 4.66. The molecule has 2 aromatic carbocycles. The molecule has 0 spiro atoms. The van der Waals surface area contributed by atoms with Gasteiger partial charge in [-0.25, -0.2) is 0 Å². The number of rotatable bonds is 7. The number of para-hydroxylation sites is 2. The first-order valence-corrected chi connectivity index (χ1v) is 9.32. The van der Waals surface area contributed by atoms with Crippen molar-refractivity contribution in [2.45, 2.75) is 20.0 Å². The number of likely N-dealkylation sites (N-methyl/N-ethyl adjacent to an activating group) is 1. The van der Waals surface area contributed by atoms with E-state index >= 15 is 0 Å². The van der Waals surface area contributed by atoms with Crippen LogP contribution in [0.15, 0.2) is 76.6 Å². The van der Waals surface area contributed by atoms with Crippen LogP contribution in [0.5, 0.6) is 5.75 Å². The molecule has 0 atom stereocenters. The molecule has 3 rings (SSSR count). The van der Waals surface area contributed by atoms with E-state index in [2.05, 4.69) is 0 Å². The maximum Gasteiger partial charge on any atom is 0.321 e. The van der Waals surface area contributed by atoms with Gasteiger partial charge in [0.15, 0.2) is 0 Å². The maximum atomic E-state index is 12.7. The predicted octanol–water partition coefficient (Wildman–Crippen LogP) is 2.06. The number of nitrogens with zero attached hydrogens (tertiary/aromatic N) is 3. The van der Waals surface area contributed by atoms with Gasteiger partial charge in [-0.2, -0.15) is 0 Å². The smallest absolute Gasteiger partial charge is 0.321 e. The van der Waals surface area contributed by atoms with E-state index in [0.717, 1.165) is 10.1 Å². The van der Waals surface area contributed by atoms with E-state index in [4.69, 9.17) is 4.74 Å². The summed E-state index contributed by atoms with van der Waals surface area (Å²) in [5.41, 5.74) is -0.0325. The normalized spacial score (nSPS) is 10.6. The molecule has 29 heavy (non-hydrogen) atoms. The lowest BCUT2D eigenvalue weighted by Crippen LogP contribution is -2.43. The molecule has 150 valence electrons. The summed E-state index contributed by atoms with van der Waals surface area (Å²) < 4.78 is 7.63. The average molecular weight is 393 g/mol. The lowest BCUT2D eigenvalue weighted by atomic mass is 10.2. The molecule has 3 aromatic rings. The van der Waals surface area contributed by atoms with Crippen molar-refractivity contribution in [2.75, 3.05) is 13.7 Å². The van der Waals surface area contributed by atoms with Crippen molar-refractivity contribution < 1.29 is 9.53 Å². The van der Waals surface area contributed by atoms with Crippen LogP contribution in [0, 0.1) is 0 Å². The Labute approximate surface area is 168 Å². The molecular weight excluding hydrogens is 370 g/mol. The Bertz CT molecular complexity index is 1100. The lowest BCUT2D eigenvalue weighted by molar-refractivity contribution is -0.132. The molecule has 0 aliphatic carbocycles. The molecule has 0 saturated heterocycles. The van der Waals surface area contributed by atoms with Crippen molar-refractivity contribution in [3.63, 3.8) is 0 Å². The number of methoxy groups -OCH3 is 1. The fraction of sp³-hybridized carbons (Fsp3) is 0.227. The van der Waals surface area contributed by atoms with E-state index in [9.17, 15) is 14.4 Å². The zero-order chi connectivity index (χ0) is 20.8. The van der Waals surface area contributed by atoms with Gasteiger partial charge in [0.1, 0.15) is 12.3 Å². The molecule has 1 aromatic heterocycles. The second-order valence-corrected chi connectivity index (χ2v) is 6.47. The van der Waals surface area contributed by atoms with Gasteiger partial charge in [-0.1, -0.05) is 42.5 Å².